The Morgan fingerprint density at radius 2 is 2.04 bits per heavy atom. The minimum Gasteiger partial charge on any atom is -0.449 e. The third kappa shape index (κ3) is 3.20. The number of nitrogens with one attached hydrogen (secondary N) is 1. The van der Waals surface area contributed by atoms with Gasteiger partial charge in [0, 0.05) is 18.1 Å². The summed E-state index contributed by atoms with van der Waals surface area (Å²) >= 11 is 0. The lowest BCUT2D eigenvalue weighted by Gasteiger charge is -2.27. The van der Waals surface area contributed by atoms with Crippen LogP contribution in [0.4, 0.5) is 0 Å². The van der Waals surface area contributed by atoms with Crippen LogP contribution in [0.25, 0.3) is 22.5 Å². The van der Waals surface area contributed by atoms with E-state index in [-0.39, 0.29) is 17.7 Å². The Bertz CT molecular complexity index is 1110. The van der Waals surface area contributed by atoms with Gasteiger partial charge in [-0.2, -0.15) is 0 Å². The summed E-state index contributed by atoms with van der Waals surface area (Å²) in [6.45, 7) is 6.20. The quantitative estimate of drug-likeness (QED) is 0.502. The van der Waals surface area contributed by atoms with E-state index in [9.17, 15) is 4.79 Å². The highest BCUT2D eigenvalue weighted by atomic mass is 16.4. The van der Waals surface area contributed by atoms with E-state index >= 15 is 0 Å². The molecule has 0 unspecified atom stereocenters. The lowest BCUT2D eigenvalue weighted by atomic mass is 10.1. The number of nitrogens with zero attached hydrogens (tertiary/aromatic N) is 3. The number of carbonyl (C=O) groups is 1. The van der Waals surface area contributed by atoms with E-state index in [2.05, 4.69) is 21.5 Å². The first-order chi connectivity index (χ1) is 13.7. The summed E-state index contributed by atoms with van der Waals surface area (Å²) in [5, 5.41) is 0.844. The molecular formula is C22H20N4O2. The van der Waals surface area contributed by atoms with Crippen LogP contribution in [0.15, 0.2) is 78.1 Å². The smallest absolute Gasteiger partial charge is 0.290 e. The first-order valence-corrected chi connectivity index (χ1v) is 9.04. The van der Waals surface area contributed by atoms with Gasteiger partial charge in [-0.25, -0.2) is 9.97 Å². The van der Waals surface area contributed by atoms with Gasteiger partial charge >= 0.3 is 0 Å². The van der Waals surface area contributed by atoms with Gasteiger partial charge in [0.05, 0.1) is 6.04 Å². The molecule has 28 heavy (non-hydrogen) atoms. The lowest BCUT2D eigenvalue weighted by molar-refractivity contribution is 0.0683. The van der Waals surface area contributed by atoms with E-state index in [1.807, 2.05) is 43.3 Å². The average molecular weight is 372 g/mol. The van der Waals surface area contributed by atoms with Crippen LogP contribution in [0.1, 0.15) is 29.1 Å². The molecule has 0 aliphatic heterocycles. The second-order valence-corrected chi connectivity index (χ2v) is 6.46. The molecule has 0 saturated heterocycles. The molecule has 1 aromatic carbocycles. The van der Waals surface area contributed by atoms with Crippen LogP contribution in [-0.2, 0) is 0 Å². The number of carbonyl (C=O) groups excluding carboxylic acids is 1. The van der Waals surface area contributed by atoms with E-state index in [1.54, 1.807) is 29.3 Å². The number of benzene rings is 1. The predicted octanol–water partition coefficient (Wildman–Crippen LogP) is 4.61. The van der Waals surface area contributed by atoms with Crippen molar-refractivity contribution in [3.63, 3.8) is 0 Å². The molecule has 0 spiro atoms. The molecular weight excluding hydrogens is 352 g/mol. The summed E-state index contributed by atoms with van der Waals surface area (Å²) < 4.78 is 5.89. The molecule has 1 amide bonds. The van der Waals surface area contributed by atoms with E-state index in [4.69, 9.17) is 4.42 Å². The van der Waals surface area contributed by atoms with Gasteiger partial charge in [-0.15, -0.1) is 6.58 Å². The molecule has 140 valence electrons. The van der Waals surface area contributed by atoms with Crippen LogP contribution >= 0.6 is 0 Å². The number of hydrogen-bond acceptors (Lipinski definition) is 4. The summed E-state index contributed by atoms with van der Waals surface area (Å²) in [4.78, 5) is 26.4. The number of hydrogen-bond donors (Lipinski definition) is 1. The predicted molar refractivity (Wildman–Crippen MR) is 108 cm³/mol. The van der Waals surface area contributed by atoms with E-state index in [0.29, 0.717) is 18.0 Å². The highest BCUT2D eigenvalue weighted by Gasteiger charge is 2.25. The molecule has 3 heterocycles. The van der Waals surface area contributed by atoms with E-state index in [0.717, 1.165) is 16.6 Å². The number of H-pyrrole nitrogens is 1. The Morgan fingerprint density at radius 1 is 1.21 bits per heavy atom. The van der Waals surface area contributed by atoms with Gasteiger partial charge in [0.2, 0.25) is 0 Å². The van der Waals surface area contributed by atoms with Crippen LogP contribution in [-0.4, -0.2) is 32.3 Å². The first kappa shape index (κ1) is 17.7. The molecule has 1 N–H and O–H groups in total. The minimum atomic E-state index is -0.193. The Morgan fingerprint density at radius 3 is 2.82 bits per heavy atom. The molecule has 3 aromatic heterocycles. The molecule has 0 saturated carbocycles. The van der Waals surface area contributed by atoms with Crippen molar-refractivity contribution in [1.82, 2.24) is 19.9 Å². The number of amides is 1. The van der Waals surface area contributed by atoms with E-state index < -0.39 is 0 Å². The van der Waals surface area contributed by atoms with Crippen molar-refractivity contribution in [1.29, 1.82) is 0 Å². The topological polar surface area (TPSA) is 75.0 Å². The van der Waals surface area contributed by atoms with E-state index in [1.165, 1.54) is 6.33 Å². The van der Waals surface area contributed by atoms with Crippen LogP contribution < -0.4 is 0 Å². The molecule has 0 radical (unpaired) electrons. The van der Waals surface area contributed by atoms with Gasteiger partial charge in [0.1, 0.15) is 17.7 Å². The van der Waals surface area contributed by atoms with Crippen molar-refractivity contribution < 1.29 is 9.21 Å². The molecule has 6 heteroatoms. The minimum absolute atomic E-state index is 0.115. The number of fused-ring (bicyclic) bond motifs is 1. The summed E-state index contributed by atoms with van der Waals surface area (Å²) in [5.74, 6) is 0.602. The summed E-state index contributed by atoms with van der Waals surface area (Å²) in [5.41, 5.74) is 2.42. The summed E-state index contributed by atoms with van der Waals surface area (Å²) in [6.07, 6.45) is 4.99. The van der Waals surface area contributed by atoms with Crippen molar-refractivity contribution in [3.8, 4) is 11.5 Å². The first-order valence-electron chi connectivity index (χ1n) is 9.04. The number of aromatic nitrogens is 3. The molecule has 0 bridgehead atoms. The van der Waals surface area contributed by atoms with Crippen LogP contribution in [0.5, 0.6) is 0 Å². The average Bonchev–Trinajstić information content (AvgIpc) is 3.41. The maximum atomic E-state index is 13.2. The Balaban J connectivity index is 1.65. The fourth-order valence-electron chi connectivity index (χ4n) is 3.26. The van der Waals surface area contributed by atoms with Crippen molar-refractivity contribution in [2.24, 2.45) is 0 Å². The van der Waals surface area contributed by atoms with Crippen LogP contribution in [0, 0.1) is 0 Å². The van der Waals surface area contributed by atoms with Crippen molar-refractivity contribution in [2.45, 2.75) is 13.0 Å². The molecule has 1 atom stereocenters. The van der Waals surface area contributed by atoms with Gasteiger partial charge in [-0.3, -0.25) is 4.79 Å². The van der Waals surface area contributed by atoms with Gasteiger partial charge in [-0.05, 0) is 30.7 Å². The number of aromatic amines is 1. The normalized spacial score (nSPS) is 12.0. The zero-order chi connectivity index (χ0) is 19.5. The zero-order valence-electron chi connectivity index (χ0n) is 15.5. The van der Waals surface area contributed by atoms with Crippen molar-refractivity contribution in [2.75, 3.05) is 6.54 Å². The van der Waals surface area contributed by atoms with Crippen LogP contribution in [0.3, 0.4) is 0 Å². The monoisotopic (exact) mass is 372 g/mol. The number of furan rings is 1. The molecule has 6 nitrogen and oxygen atoms in total. The highest BCUT2D eigenvalue weighted by molar-refractivity contribution is 5.94. The molecule has 0 aliphatic rings. The molecule has 0 fully saturated rings. The summed E-state index contributed by atoms with van der Waals surface area (Å²) in [7, 11) is 0. The van der Waals surface area contributed by atoms with Gasteiger partial charge in [0.15, 0.2) is 11.5 Å². The third-order valence-electron chi connectivity index (χ3n) is 4.74. The second-order valence-electron chi connectivity index (χ2n) is 6.46. The van der Waals surface area contributed by atoms with Gasteiger partial charge in [-0.1, -0.05) is 36.4 Å². The molecule has 4 rings (SSSR count). The molecule has 0 aliphatic carbocycles. The third-order valence-corrected chi connectivity index (χ3v) is 4.74. The number of rotatable bonds is 6. The van der Waals surface area contributed by atoms with Crippen LogP contribution in [0.2, 0.25) is 0 Å². The fourth-order valence-corrected chi connectivity index (χ4v) is 3.26. The largest absolute Gasteiger partial charge is 0.449 e. The Labute approximate surface area is 162 Å². The van der Waals surface area contributed by atoms with Gasteiger partial charge < -0.3 is 14.3 Å². The maximum Gasteiger partial charge on any atom is 0.290 e. The highest BCUT2D eigenvalue weighted by Crippen LogP contribution is 2.28. The Kier molecular flexibility index (Phi) is 4.76. The SMILES string of the molecule is C=CCN(C(=O)c1ccc(-c2ncnc3[nH]ccc23)o1)[C@@H](C)c1ccccc1. The Hall–Kier alpha value is -3.67. The fraction of sp³-hybridized carbons (Fsp3) is 0.136. The zero-order valence-corrected chi connectivity index (χ0v) is 15.5. The molecule has 4 aromatic rings. The lowest BCUT2D eigenvalue weighted by Crippen LogP contribution is -2.33. The van der Waals surface area contributed by atoms with Crippen molar-refractivity contribution >= 4 is 16.9 Å². The second kappa shape index (κ2) is 7.52. The van der Waals surface area contributed by atoms with Gasteiger partial charge in [0.25, 0.3) is 5.91 Å². The maximum absolute atomic E-state index is 13.2. The standard InChI is InChI=1S/C22H20N4O2/c1-3-13-26(15(2)16-7-5-4-6-8-16)22(27)19-10-9-18(28-19)20-17-11-12-23-21(17)25-14-24-20/h3-12,14-15H,1,13H2,2H3,(H,23,24,25)/t15-/m0/s1. The summed E-state index contributed by atoms with van der Waals surface area (Å²) in [6, 6.07) is 15.1. The van der Waals surface area contributed by atoms with Crippen molar-refractivity contribution in [3.05, 3.63) is 85.0 Å².